The van der Waals surface area contributed by atoms with Crippen molar-refractivity contribution in [3.05, 3.63) is 99.8 Å². The molecule has 0 bridgehead atoms. The fourth-order valence-electron chi connectivity index (χ4n) is 3.40. The van der Waals surface area contributed by atoms with Crippen molar-refractivity contribution in [2.24, 2.45) is 0 Å². The van der Waals surface area contributed by atoms with Crippen molar-refractivity contribution in [2.45, 2.75) is 12.7 Å². The molecule has 8 nitrogen and oxygen atoms in total. The average molecular weight is 517 g/mol. The lowest BCUT2D eigenvalue weighted by molar-refractivity contribution is -0.141. The van der Waals surface area contributed by atoms with Crippen molar-refractivity contribution in [3.63, 3.8) is 0 Å². The maximum absolute atomic E-state index is 13.7. The number of hydrogen-bond donors (Lipinski definition) is 0. The van der Waals surface area contributed by atoms with Crippen LogP contribution in [0.4, 0.5) is 17.6 Å². The Balaban J connectivity index is 1.61. The first-order chi connectivity index (χ1) is 17.2. The van der Waals surface area contributed by atoms with E-state index in [0.29, 0.717) is 21.7 Å². The number of halogens is 5. The monoisotopic (exact) mass is 516 g/mol. The average Bonchev–Trinajstić information content (AvgIpc) is 3.15. The molecule has 0 spiro atoms. The number of fused-ring (bicyclic) bond motifs is 1. The Labute approximate surface area is 204 Å². The Morgan fingerprint density at radius 3 is 2.44 bits per heavy atom. The van der Waals surface area contributed by atoms with Gasteiger partial charge in [-0.1, -0.05) is 29.8 Å². The van der Waals surface area contributed by atoms with E-state index < -0.39 is 23.4 Å². The van der Waals surface area contributed by atoms with Gasteiger partial charge in [0.15, 0.2) is 5.75 Å². The summed E-state index contributed by atoms with van der Waals surface area (Å²) >= 11 is 5.99. The molecule has 0 unspecified atom stereocenters. The molecule has 1 aromatic carbocycles. The van der Waals surface area contributed by atoms with Crippen LogP contribution in [0.5, 0.6) is 11.5 Å². The van der Waals surface area contributed by atoms with Gasteiger partial charge >= 0.3 is 11.9 Å². The predicted octanol–water partition coefficient (Wildman–Crippen LogP) is 5.00. The first-order valence-electron chi connectivity index (χ1n) is 10.2. The van der Waals surface area contributed by atoms with Crippen LogP contribution in [0, 0.1) is 5.82 Å². The number of hydrogen-bond acceptors (Lipinski definition) is 6. The summed E-state index contributed by atoms with van der Waals surface area (Å²) in [6.45, 7) is -0.176. The number of aromatic nitrogens is 6. The van der Waals surface area contributed by atoms with Crippen molar-refractivity contribution in [3.8, 4) is 22.6 Å². The second-order valence-corrected chi connectivity index (χ2v) is 8.00. The van der Waals surface area contributed by atoms with Gasteiger partial charge in [-0.25, -0.2) is 13.9 Å². The smallest absolute Gasteiger partial charge is 0.433 e. The van der Waals surface area contributed by atoms with Gasteiger partial charge in [-0.15, -0.1) is 5.10 Å². The molecule has 36 heavy (non-hydrogen) atoms. The van der Waals surface area contributed by atoms with Crippen LogP contribution < -0.4 is 10.4 Å². The van der Waals surface area contributed by atoms with Gasteiger partial charge in [0.1, 0.15) is 17.3 Å². The van der Waals surface area contributed by atoms with Crippen molar-refractivity contribution in [1.29, 1.82) is 0 Å². The summed E-state index contributed by atoms with van der Waals surface area (Å²) in [6, 6.07) is 9.84. The highest BCUT2D eigenvalue weighted by molar-refractivity contribution is 6.30. The van der Waals surface area contributed by atoms with E-state index in [4.69, 9.17) is 16.3 Å². The SMILES string of the molecule is O=c1n(Cc2ccc(C(F)(F)F)nc2)nc2c(Oc3cncc(F)c3)c(-c3ccc(Cl)cc3)cnn12. The molecule has 0 amide bonds. The van der Waals surface area contributed by atoms with E-state index in [0.717, 1.165) is 33.7 Å². The summed E-state index contributed by atoms with van der Waals surface area (Å²) in [5.74, 6) is -0.503. The van der Waals surface area contributed by atoms with Gasteiger partial charge in [0.2, 0.25) is 5.65 Å². The zero-order valence-electron chi connectivity index (χ0n) is 17.9. The maximum atomic E-state index is 13.7. The third-order valence-electron chi connectivity index (χ3n) is 5.07. The Morgan fingerprint density at radius 1 is 1.00 bits per heavy atom. The van der Waals surface area contributed by atoms with E-state index in [9.17, 15) is 22.4 Å². The summed E-state index contributed by atoms with van der Waals surface area (Å²) < 4.78 is 60.1. The first-order valence-corrected chi connectivity index (χ1v) is 10.6. The highest BCUT2D eigenvalue weighted by Gasteiger charge is 2.32. The molecule has 13 heteroatoms. The Bertz CT molecular complexity index is 1620. The van der Waals surface area contributed by atoms with Crippen LogP contribution in [0.25, 0.3) is 16.8 Å². The van der Waals surface area contributed by atoms with Crippen molar-refractivity contribution < 1.29 is 22.3 Å². The van der Waals surface area contributed by atoms with Gasteiger partial charge in [-0.05, 0) is 29.3 Å². The number of rotatable bonds is 5. The van der Waals surface area contributed by atoms with Gasteiger partial charge < -0.3 is 4.74 Å². The summed E-state index contributed by atoms with van der Waals surface area (Å²) in [6.07, 6.45) is 0.104. The van der Waals surface area contributed by atoms with E-state index in [1.54, 1.807) is 24.3 Å². The number of benzene rings is 1. The summed E-state index contributed by atoms with van der Waals surface area (Å²) in [5, 5.41) is 8.95. The third-order valence-corrected chi connectivity index (χ3v) is 5.32. The van der Waals surface area contributed by atoms with Crippen LogP contribution in [-0.2, 0) is 12.7 Å². The molecule has 0 radical (unpaired) electrons. The van der Waals surface area contributed by atoms with Crippen LogP contribution >= 0.6 is 11.6 Å². The number of pyridine rings is 2. The Kier molecular flexibility index (Phi) is 5.88. The first kappa shape index (κ1) is 23.4. The molecule has 0 aliphatic rings. The summed E-state index contributed by atoms with van der Waals surface area (Å²) in [4.78, 5) is 20.1. The zero-order valence-corrected chi connectivity index (χ0v) is 18.7. The molecular weight excluding hydrogens is 504 g/mol. The largest absolute Gasteiger partial charge is 0.451 e. The Morgan fingerprint density at radius 2 is 1.78 bits per heavy atom. The number of alkyl halides is 3. The molecule has 0 saturated heterocycles. The maximum Gasteiger partial charge on any atom is 0.433 e. The molecule has 5 aromatic rings. The topological polar surface area (TPSA) is 87.2 Å². The molecule has 0 N–H and O–H groups in total. The Hall–Kier alpha value is -4.32. The third kappa shape index (κ3) is 4.62. The van der Waals surface area contributed by atoms with Crippen LogP contribution in [0.1, 0.15) is 11.3 Å². The second kappa shape index (κ2) is 9.04. The highest BCUT2D eigenvalue weighted by Crippen LogP contribution is 2.35. The van der Waals surface area contributed by atoms with Gasteiger partial charge in [0.25, 0.3) is 0 Å². The van der Waals surface area contributed by atoms with Gasteiger partial charge in [0.05, 0.1) is 25.1 Å². The molecule has 0 aliphatic carbocycles. The molecule has 0 saturated carbocycles. The molecule has 5 rings (SSSR count). The van der Waals surface area contributed by atoms with E-state index in [-0.39, 0.29) is 23.7 Å². The fourth-order valence-corrected chi connectivity index (χ4v) is 3.53. The van der Waals surface area contributed by atoms with Crippen LogP contribution in [-0.4, -0.2) is 29.4 Å². The quantitative estimate of drug-likeness (QED) is 0.306. The fraction of sp³-hybridized carbons (Fsp3) is 0.0870. The minimum Gasteiger partial charge on any atom is -0.451 e. The predicted molar refractivity (Wildman–Crippen MR) is 120 cm³/mol. The zero-order chi connectivity index (χ0) is 25.4. The highest BCUT2D eigenvalue weighted by atomic mass is 35.5. The van der Waals surface area contributed by atoms with Crippen LogP contribution in [0.15, 0.2) is 72.0 Å². The van der Waals surface area contributed by atoms with Crippen molar-refractivity contribution in [1.82, 2.24) is 29.4 Å². The lowest BCUT2D eigenvalue weighted by Crippen LogP contribution is -2.23. The van der Waals surface area contributed by atoms with Crippen LogP contribution in [0.3, 0.4) is 0 Å². The molecular formula is C23H13ClF4N6O2. The number of ether oxygens (including phenoxy) is 1. The van der Waals surface area contributed by atoms with E-state index >= 15 is 0 Å². The van der Waals surface area contributed by atoms with E-state index in [1.807, 2.05) is 0 Å². The molecule has 4 heterocycles. The molecule has 182 valence electrons. The van der Waals surface area contributed by atoms with Gasteiger partial charge in [0, 0.05) is 22.8 Å². The normalized spacial score (nSPS) is 11.7. The van der Waals surface area contributed by atoms with E-state index in [1.165, 1.54) is 18.5 Å². The van der Waals surface area contributed by atoms with Gasteiger partial charge in [-0.3, -0.25) is 9.97 Å². The second-order valence-electron chi connectivity index (χ2n) is 7.56. The summed E-state index contributed by atoms with van der Waals surface area (Å²) in [7, 11) is 0. The van der Waals surface area contributed by atoms with E-state index in [2.05, 4.69) is 20.2 Å². The van der Waals surface area contributed by atoms with Crippen LogP contribution in [0.2, 0.25) is 5.02 Å². The lowest BCUT2D eigenvalue weighted by Gasteiger charge is -2.11. The van der Waals surface area contributed by atoms with Crippen molar-refractivity contribution >= 4 is 17.2 Å². The minimum absolute atomic E-state index is 0.00316. The molecule has 0 aliphatic heterocycles. The standard InChI is InChI=1S/C23H13ClF4N6O2/c24-15-4-2-14(3-5-15)18-11-31-34-21(20(18)36-17-7-16(25)9-29-10-17)32-33(22(34)35)12-13-1-6-19(30-8-13)23(26,27)28/h1-11H,12H2. The number of nitrogens with zero attached hydrogens (tertiary/aromatic N) is 6. The molecule has 4 aromatic heterocycles. The van der Waals surface area contributed by atoms with Crippen molar-refractivity contribution in [2.75, 3.05) is 0 Å². The minimum atomic E-state index is -4.58. The molecule has 0 fully saturated rings. The molecule has 0 atom stereocenters. The summed E-state index contributed by atoms with van der Waals surface area (Å²) in [5.41, 5.74) is -0.365. The van der Waals surface area contributed by atoms with Gasteiger partial charge in [-0.2, -0.15) is 22.8 Å². The lowest BCUT2D eigenvalue weighted by atomic mass is 10.1.